The first-order chi connectivity index (χ1) is 4.42. The maximum Gasteiger partial charge on any atom is 0.183 e. The first-order valence-corrected chi connectivity index (χ1v) is 4.07. The highest BCUT2D eigenvalue weighted by Crippen LogP contribution is 2.06. The van der Waals surface area contributed by atoms with E-state index in [1.165, 1.54) is 0 Å². The van der Waals surface area contributed by atoms with Crippen molar-refractivity contribution in [2.45, 2.75) is 26.4 Å². The third kappa shape index (κ3) is 8.03. The summed E-state index contributed by atoms with van der Waals surface area (Å²) in [5, 5.41) is 0. The molecule has 62 valence electrons. The molecular weight excluding hydrogens is 156 g/mol. The SMILES string of the molecule is CC(C)(C)OOCS(=O)O. The van der Waals surface area contributed by atoms with E-state index in [4.69, 9.17) is 4.55 Å². The Bertz CT molecular complexity index is 117. The molecule has 0 radical (unpaired) electrons. The van der Waals surface area contributed by atoms with E-state index in [9.17, 15) is 4.21 Å². The molecule has 0 saturated heterocycles. The summed E-state index contributed by atoms with van der Waals surface area (Å²) < 4.78 is 18.2. The molecule has 0 aromatic heterocycles. The minimum absolute atomic E-state index is 0.308. The average molecular weight is 168 g/mol. The zero-order valence-corrected chi connectivity index (χ0v) is 7.10. The Kier molecular flexibility index (Phi) is 4.04. The van der Waals surface area contributed by atoms with Gasteiger partial charge in [-0.15, -0.1) is 0 Å². The molecule has 1 atom stereocenters. The fourth-order valence-corrected chi connectivity index (χ4v) is 0.372. The zero-order valence-electron chi connectivity index (χ0n) is 6.29. The van der Waals surface area contributed by atoms with Crippen LogP contribution < -0.4 is 0 Å². The van der Waals surface area contributed by atoms with Crippen molar-refractivity contribution >= 4 is 11.1 Å². The smallest absolute Gasteiger partial charge is 0.183 e. The highest BCUT2D eigenvalue weighted by atomic mass is 32.2. The second-order valence-electron chi connectivity index (χ2n) is 2.75. The first kappa shape index (κ1) is 10.0. The van der Waals surface area contributed by atoms with Gasteiger partial charge in [0, 0.05) is 0 Å². The Morgan fingerprint density at radius 2 is 2.00 bits per heavy atom. The van der Waals surface area contributed by atoms with Crippen LogP contribution in [-0.2, 0) is 20.9 Å². The van der Waals surface area contributed by atoms with Crippen LogP contribution in [0.3, 0.4) is 0 Å². The first-order valence-electron chi connectivity index (χ1n) is 2.80. The van der Waals surface area contributed by atoms with E-state index in [0.717, 1.165) is 0 Å². The van der Waals surface area contributed by atoms with Crippen LogP contribution in [0.15, 0.2) is 0 Å². The molecule has 0 fully saturated rings. The lowest BCUT2D eigenvalue weighted by Crippen LogP contribution is -2.20. The van der Waals surface area contributed by atoms with Crippen molar-refractivity contribution in [3.8, 4) is 0 Å². The average Bonchev–Trinajstić information content (AvgIpc) is 1.59. The van der Waals surface area contributed by atoms with E-state index < -0.39 is 16.7 Å². The van der Waals surface area contributed by atoms with E-state index >= 15 is 0 Å². The van der Waals surface area contributed by atoms with Gasteiger partial charge in [-0.25, -0.2) is 14.0 Å². The van der Waals surface area contributed by atoms with Crippen molar-refractivity contribution in [1.82, 2.24) is 0 Å². The van der Waals surface area contributed by atoms with Crippen LogP contribution in [0, 0.1) is 0 Å². The molecule has 0 aliphatic carbocycles. The summed E-state index contributed by atoms with van der Waals surface area (Å²) in [4.78, 5) is 9.10. The second-order valence-corrected chi connectivity index (χ2v) is 3.63. The van der Waals surface area contributed by atoms with Crippen LogP contribution in [0.4, 0.5) is 0 Å². The van der Waals surface area contributed by atoms with Gasteiger partial charge in [0.05, 0.1) is 5.60 Å². The maximum atomic E-state index is 9.99. The predicted octanol–water partition coefficient (Wildman–Crippen LogP) is 0.912. The van der Waals surface area contributed by atoms with Crippen LogP contribution in [-0.4, -0.2) is 20.3 Å². The van der Waals surface area contributed by atoms with Gasteiger partial charge in [-0.3, -0.25) is 0 Å². The Morgan fingerprint density at radius 3 is 2.30 bits per heavy atom. The highest BCUT2D eigenvalue weighted by molar-refractivity contribution is 7.79. The minimum atomic E-state index is -1.95. The van der Waals surface area contributed by atoms with Gasteiger partial charge in [0.15, 0.2) is 17.0 Å². The fourth-order valence-electron chi connectivity index (χ4n) is 0.242. The van der Waals surface area contributed by atoms with E-state index in [0.29, 0.717) is 0 Å². The van der Waals surface area contributed by atoms with E-state index in [1.807, 2.05) is 0 Å². The third-order valence-corrected chi connectivity index (χ3v) is 0.756. The molecule has 0 aliphatic rings. The Morgan fingerprint density at radius 1 is 1.50 bits per heavy atom. The molecule has 0 heterocycles. The molecule has 1 N–H and O–H groups in total. The lowest BCUT2D eigenvalue weighted by atomic mass is 10.2. The lowest BCUT2D eigenvalue weighted by Gasteiger charge is -2.16. The largest absolute Gasteiger partial charge is 0.304 e. The molecule has 0 bridgehead atoms. The molecule has 0 rings (SSSR count). The highest BCUT2D eigenvalue weighted by Gasteiger charge is 2.11. The van der Waals surface area contributed by atoms with Crippen LogP contribution in [0.25, 0.3) is 0 Å². The van der Waals surface area contributed by atoms with Gasteiger partial charge in [-0.05, 0) is 20.8 Å². The molecule has 0 aliphatic heterocycles. The number of hydrogen-bond donors (Lipinski definition) is 1. The summed E-state index contributed by atoms with van der Waals surface area (Å²) in [6, 6.07) is 0. The van der Waals surface area contributed by atoms with Gasteiger partial charge < -0.3 is 4.55 Å². The molecule has 1 unspecified atom stereocenters. The van der Waals surface area contributed by atoms with E-state index in [1.54, 1.807) is 20.8 Å². The molecule has 0 amide bonds. The molecule has 5 heteroatoms. The molecule has 0 spiro atoms. The summed E-state index contributed by atoms with van der Waals surface area (Å²) in [5.74, 6) is -0.308. The van der Waals surface area contributed by atoms with Crippen molar-refractivity contribution in [3.05, 3.63) is 0 Å². The molecule has 0 aromatic carbocycles. The topological polar surface area (TPSA) is 55.8 Å². The lowest BCUT2D eigenvalue weighted by molar-refractivity contribution is -0.336. The van der Waals surface area contributed by atoms with Crippen LogP contribution >= 0.6 is 0 Å². The Hall–Kier alpha value is 0.0300. The van der Waals surface area contributed by atoms with Gasteiger partial charge in [-0.1, -0.05) is 0 Å². The molecular formula is C5H12O4S. The second kappa shape index (κ2) is 4.02. The Balaban J connectivity index is 3.29. The summed E-state index contributed by atoms with van der Waals surface area (Å²) >= 11 is -1.95. The summed E-state index contributed by atoms with van der Waals surface area (Å²) in [7, 11) is 0. The zero-order chi connectivity index (χ0) is 8.20. The third-order valence-electron chi connectivity index (χ3n) is 0.458. The predicted molar refractivity (Wildman–Crippen MR) is 37.6 cm³/mol. The monoisotopic (exact) mass is 168 g/mol. The summed E-state index contributed by atoms with van der Waals surface area (Å²) in [5.41, 5.74) is -0.431. The molecule has 4 nitrogen and oxygen atoms in total. The summed E-state index contributed by atoms with van der Waals surface area (Å²) in [6.07, 6.45) is 0. The van der Waals surface area contributed by atoms with Crippen molar-refractivity contribution in [3.63, 3.8) is 0 Å². The molecule has 0 aromatic rings. The Labute approximate surface area is 62.7 Å². The maximum absolute atomic E-state index is 9.99. The quantitative estimate of drug-likeness (QED) is 0.386. The number of hydrogen-bond acceptors (Lipinski definition) is 3. The van der Waals surface area contributed by atoms with E-state index in [-0.39, 0.29) is 5.94 Å². The van der Waals surface area contributed by atoms with E-state index in [2.05, 4.69) is 9.78 Å². The van der Waals surface area contributed by atoms with Gasteiger partial charge in [0.2, 0.25) is 0 Å². The molecule has 10 heavy (non-hydrogen) atoms. The van der Waals surface area contributed by atoms with Crippen LogP contribution in [0.1, 0.15) is 20.8 Å². The van der Waals surface area contributed by atoms with Crippen molar-refractivity contribution in [1.29, 1.82) is 0 Å². The normalized spacial score (nSPS) is 15.2. The fraction of sp³-hybridized carbons (Fsp3) is 1.00. The summed E-state index contributed by atoms with van der Waals surface area (Å²) in [6.45, 7) is 5.36. The standard InChI is InChI=1S/C5H12O4S/c1-5(2,3)9-8-4-10(6)7/h4H2,1-3H3,(H,6,7). The number of rotatable bonds is 3. The van der Waals surface area contributed by atoms with Gasteiger partial charge in [0.25, 0.3) is 0 Å². The van der Waals surface area contributed by atoms with Gasteiger partial charge in [0.1, 0.15) is 0 Å². The molecule has 0 saturated carbocycles. The van der Waals surface area contributed by atoms with Crippen molar-refractivity contribution < 1.29 is 18.5 Å². The van der Waals surface area contributed by atoms with Crippen LogP contribution in [0.2, 0.25) is 0 Å². The van der Waals surface area contributed by atoms with Crippen LogP contribution in [0.5, 0.6) is 0 Å². The van der Waals surface area contributed by atoms with Gasteiger partial charge in [-0.2, -0.15) is 0 Å². The minimum Gasteiger partial charge on any atom is -0.304 e. The van der Waals surface area contributed by atoms with Crippen molar-refractivity contribution in [2.24, 2.45) is 0 Å². The van der Waals surface area contributed by atoms with Gasteiger partial charge >= 0.3 is 0 Å². The van der Waals surface area contributed by atoms with Crippen molar-refractivity contribution in [2.75, 3.05) is 5.94 Å².